The van der Waals surface area contributed by atoms with Crippen molar-refractivity contribution in [3.63, 3.8) is 0 Å². The second-order valence-corrected chi connectivity index (χ2v) is 11.0. The van der Waals surface area contributed by atoms with Gasteiger partial charge < -0.3 is 24.7 Å². The molecular formula is C32H36ClFN6O2. The number of aromatic nitrogens is 2. The predicted molar refractivity (Wildman–Crippen MR) is 169 cm³/mol. The van der Waals surface area contributed by atoms with Gasteiger partial charge in [0.15, 0.2) is 5.82 Å². The Morgan fingerprint density at radius 3 is 2.40 bits per heavy atom. The smallest absolute Gasteiger partial charge is 0.246 e. The molecule has 0 saturated carbocycles. The number of halogens is 2. The van der Waals surface area contributed by atoms with Gasteiger partial charge in [0.05, 0.1) is 5.02 Å². The molecule has 0 atom stereocenters. The molecular weight excluding hydrogens is 555 g/mol. The molecule has 4 aromatic rings. The minimum atomic E-state index is -0.562. The van der Waals surface area contributed by atoms with E-state index in [0.29, 0.717) is 54.9 Å². The molecule has 2 aliphatic rings. The minimum Gasteiger partial charge on any atom is -0.508 e. The molecule has 220 valence electrons. The predicted octanol–water partition coefficient (Wildman–Crippen LogP) is 5.56. The maximum atomic E-state index is 16.6. The number of benzene rings is 3. The normalized spacial score (nSPS) is 15.5. The zero-order valence-corrected chi connectivity index (χ0v) is 25.2. The Balaban J connectivity index is 0.00000173. The van der Waals surface area contributed by atoms with Crippen molar-refractivity contribution < 1.29 is 14.3 Å². The van der Waals surface area contributed by atoms with Crippen LogP contribution in [0.4, 0.5) is 16.2 Å². The van der Waals surface area contributed by atoms with Crippen molar-refractivity contribution in [1.29, 1.82) is 0 Å². The lowest BCUT2D eigenvalue weighted by Gasteiger charge is -2.43. The van der Waals surface area contributed by atoms with E-state index in [-0.39, 0.29) is 27.8 Å². The van der Waals surface area contributed by atoms with Crippen LogP contribution < -0.4 is 9.80 Å². The van der Waals surface area contributed by atoms with Crippen LogP contribution >= 0.6 is 11.6 Å². The molecule has 0 unspecified atom stereocenters. The molecule has 2 saturated heterocycles. The fourth-order valence-electron chi connectivity index (χ4n) is 5.51. The monoisotopic (exact) mass is 590 g/mol. The number of carbonyl (C=O) groups excluding carboxylic acids is 1. The SMILES string of the molecule is C=CC(=O)N1CCN(c2nc(N3CC(N(C)C)C3)nc3c(F)c(-c4cc(O)cc5ccccc45)c(Cl)cc23)CC1.CC. The number of carbonyl (C=O) groups is 1. The van der Waals surface area contributed by atoms with E-state index >= 15 is 4.39 Å². The van der Waals surface area contributed by atoms with E-state index in [1.54, 1.807) is 17.0 Å². The second-order valence-electron chi connectivity index (χ2n) is 10.5. The van der Waals surface area contributed by atoms with E-state index < -0.39 is 5.82 Å². The number of fused-ring (bicyclic) bond motifs is 2. The highest BCUT2D eigenvalue weighted by Gasteiger charge is 2.33. The molecule has 1 aromatic heterocycles. The Bertz CT molecular complexity index is 1650. The summed E-state index contributed by atoms with van der Waals surface area (Å²) in [4.78, 5) is 29.8. The van der Waals surface area contributed by atoms with Crippen molar-refractivity contribution in [1.82, 2.24) is 19.8 Å². The highest BCUT2D eigenvalue weighted by molar-refractivity contribution is 6.35. The third kappa shape index (κ3) is 5.34. The lowest BCUT2D eigenvalue weighted by molar-refractivity contribution is -0.126. The number of nitrogens with zero attached hydrogens (tertiary/aromatic N) is 6. The number of anilines is 2. The van der Waals surface area contributed by atoms with E-state index in [0.717, 1.165) is 23.9 Å². The van der Waals surface area contributed by atoms with Gasteiger partial charge in [-0.1, -0.05) is 56.3 Å². The summed E-state index contributed by atoms with van der Waals surface area (Å²) in [6, 6.07) is 12.7. The van der Waals surface area contributed by atoms with Crippen molar-refractivity contribution >= 4 is 50.9 Å². The van der Waals surface area contributed by atoms with Crippen LogP contribution in [-0.4, -0.2) is 90.2 Å². The molecule has 0 bridgehead atoms. The first-order valence-corrected chi connectivity index (χ1v) is 14.6. The Kier molecular flexibility index (Phi) is 8.52. The Morgan fingerprint density at radius 2 is 1.74 bits per heavy atom. The van der Waals surface area contributed by atoms with Crippen molar-refractivity contribution in [2.24, 2.45) is 0 Å². The first-order valence-electron chi connectivity index (χ1n) is 14.2. The van der Waals surface area contributed by atoms with Gasteiger partial charge in [-0.25, -0.2) is 9.37 Å². The van der Waals surface area contributed by atoms with Gasteiger partial charge in [-0.15, -0.1) is 0 Å². The first kappa shape index (κ1) is 29.5. The molecule has 6 rings (SSSR count). The van der Waals surface area contributed by atoms with E-state index in [4.69, 9.17) is 21.6 Å². The summed E-state index contributed by atoms with van der Waals surface area (Å²) in [7, 11) is 4.07. The van der Waals surface area contributed by atoms with Gasteiger partial charge in [0.2, 0.25) is 11.9 Å². The molecule has 3 heterocycles. The van der Waals surface area contributed by atoms with E-state index in [1.165, 1.54) is 12.1 Å². The lowest BCUT2D eigenvalue weighted by atomic mass is 9.96. The minimum absolute atomic E-state index is 0.0237. The van der Waals surface area contributed by atoms with Crippen LogP contribution in [0, 0.1) is 5.82 Å². The van der Waals surface area contributed by atoms with Gasteiger partial charge in [-0.2, -0.15) is 4.98 Å². The maximum Gasteiger partial charge on any atom is 0.246 e. The Labute approximate surface area is 250 Å². The zero-order valence-electron chi connectivity index (χ0n) is 24.4. The van der Waals surface area contributed by atoms with Gasteiger partial charge in [-0.3, -0.25) is 4.79 Å². The van der Waals surface area contributed by atoms with Crippen molar-refractivity contribution in [2.75, 3.05) is 63.2 Å². The number of phenolic OH excluding ortho intramolecular Hbond substituents is 1. The molecule has 42 heavy (non-hydrogen) atoms. The number of likely N-dealkylation sites (N-methyl/N-ethyl adjacent to an activating group) is 1. The third-order valence-electron chi connectivity index (χ3n) is 7.91. The summed E-state index contributed by atoms with van der Waals surface area (Å²) in [6.45, 7) is 11.1. The molecule has 3 aromatic carbocycles. The summed E-state index contributed by atoms with van der Waals surface area (Å²) in [6.07, 6.45) is 1.32. The number of hydrogen-bond acceptors (Lipinski definition) is 7. The number of hydrogen-bond donors (Lipinski definition) is 1. The van der Waals surface area contributed by atoms with Crippen molar-refractivity contribution in [3.05, 3.63) is 66.0 Å². The highest BCUT2D eigenvalue weighted by atomic mass is 35.5. The van der Waals surface area contributed by atoms with Crippen molar-refractivity contribution in [3.8, 4) is 16.9 Å². The number of rotatable bonds is 5. The van der Waals surface area contributed by atoms with Gasteiger partial charge >= 0.3 is 0 Å². The number of phenols is 1. The first-order chi connectivity index (χ1) is 20.2. The van der Waals surface area contributed by atoms with Crippen LogP contribution in [-0.2, 0) is 4.79 Å². The van der Waals surface area contributed by atoms with Gasteiger partial charge in [-0.05, 0) is 54.7 Å². The number of aromatic hydroxyl groups is 1. The van der Waals surface area contributed by atoms with Crippen LogP contribution in [0.1, 0.15) is 13.8 Å². The molecule has 0 spiro atoms. The van der Waals surface area contributed by atoms with Crippen LogP contribution in [0.15, 0.2) is 55.1 Å². The summed E-state index contributed by atoms with van der Waals surface area (Å²) in [5.74, 6) is 0.398. The van der Waals surface area contributed by atoms with Crippen molar-refractivity contribution in [2.45, 2.75) is 19.9 Å². The van der Waals surface area contributed by atoms with Gasteiger partial charge in [0, 0.05) is 56.3 Å². The third-order valence-corrected chi connectivity index (χ3v) is 8.21. The number of piperazine rings is 1. The van der Waals surface area contributed by atoms with Gasteiger partial charge in [0.1, 0.15) is 17.1 Å². The maximum absolute atomic E-state index is 16.6. The topological polar surface area (TPSA) is 76.0 Å². The Hall–Kier alpha value is -3.95. The largest absolute Gasteiger partial charge is 0.508 e. The molecule has 1 amide bonds. The van der Waals surface area contributed by atoms with E-state index in [9.17, 15) is 9.90 Å². The van der Waals surface area contributed by atoms with Crippen LogP contribution in [0.5, 0.6) is 5.75 Å². The molecule has 8 nitrogen and oxygen atoms in total. The molecule has 2 aliphatic heterocycles. The average Bonchev–Trinajstić information content (AvgIpc) is 2.97. The fourth-order valence-corrected chi connectivity index (χ4v) is 5.81. The summed E-state index contributed by atoms with van der Waals surface area (Å²) in [5, 5.41) is 12.7. The summed E-state index contributed by atoms with van der Waals surface area (Å²) >= 11 is 6.81. The van der Waals surface area contributed by atoms with Crippen LogP contribution in [0.3, 0.4) is 0 Å². The van der Waals surface area contributed by atoms with Crippen LogP contribution in [0.2, 0.25) is 5.02 Å². The average molecular weight is 591 g/mol. The summed E-state index contributed by atoms with van der Waals surface area (Å²) < 4.78 is 16.6. The summed E-state index contributed by atoms with van der Waals surface area (Å²) in [5.41, 5.74) is 0.854. The van der Waals surface area contributed by atoms with E-state index in [2.05, 4.69) is 16.4 Å². The quantitative estimate of drug-likeness (QED) is 0.305. The van der Waals surface area contributed by atoms with Crippen LogP contribution in [0.25, 0.3) is 32.8 Å². The fraction of sp³-hybridized carbons (Fsp3) is 0.344. The zero-order chi connectivity index (χ0) is 30.1. The van der Waals surface area contributed by atoms with Gasteiger partial charge in [0.25, 0.3) is 0 Å². The van der Waals surface area contributed by atoms with E-state index in [1.807, 2.05) is 57.1 Å². The Morgan fingerprint density at radius 1 is 1.05 bits per heavy atom. The highest BCUT2D eigenvalue weighted by Crippen LogP contribution is 2.42. The second kappa shape index (κ2) is 12.1. The molecule has 10 heteroatoms. The lowest BCUT2D eigenvalue weighted by Crippen LogP contribution is -2.58. The molecule has 0 radical (unpaired) electrons. The molecule has 1 N–H and O–H groups in total. The molecule has 2 fully saturated rings. The number of amides is 1. The molecule has 0 aliphatic carbocycles. The standard InChI is InChI=1S/C30H30ClFN6O2.C2H6/c1-4-25(40)36-9-11-37(12-10-36)29-23-15-24(31)26(22-14-20(39)13-18-7-5-6-8-21(18)22)27(32)28(23)33-30(34-29)38-16-19(17-38)35(2)3;1-2/h4-8,13-15,19,39H,1,9-12,16-17H2,2-3H3;1-2H3.